The van der Waals surface area contributed by atoms with E-state index >= 15 is 0 Å². The summed E-state index contributed by atoms with van der Waals surface area (Å²) in [5.41, 5.74) is -2.09. The van der Waals surface area contributed by atoms with Gasteiger partial charge in [0.05, 0.1) is 11.2 Å². The zero-order chi connectivity index (χ0) is 19.4. The van der Waals surface area contributed by atoms with Crippen molar-refractivity contribution in [3.05, 3.63) is 11.6 Å². The SMILES string of the molecule is CC=C(C)C(=O)OC1C(C(C)(C)O)CCC(C)CCCC(C)(O)C1O. The molecule has 0 aromatic rings. The summed E-state index contributed by atoms with van der Waals surface area (Å²) >= 11 is 0. The first kappa shape index (κ1) is 22.1. The first-order valence-corrected chi connectivity index (χ1v) is 9.37. The molecule has 0 aromatic carbocycles. The number of carbonyl (C=O) groups is 1. The van der Waals surface area contributed by atoms with Crippen molar-refractivity contribution in [3.63, 3.8) is 0 Å². The van der Waals surface area contributed by atoms with Gasteiger partial charge in [0.15, 0.2) is 0 Å². The third kappa shape index (κ3) is 6.08. The van der Waals surface area contributed by atoms with Crippen LogP contribution in [-0.2, 0) is 9.53 Å². The van der Waals surface area contributed by atoms with E-state index in [-0.39, 0.29) is 0 Å². The van der Waals surface area contributed by atoms with E-state index in [4.69, 9.17) is 4.74 Å². The van der Waals surface area contributed by atoms with Gasteiger partial charge < -0.3 is 20.1 Å². The quantitative estimate of drug-likeness (QED) is 0.534. The molecule has 1 rings (SSSR count). The van der Waals surface area contributed by atoms with Crippen LogP contribution in [0.15, 0.2) is 11.6 Å². The van der Waals surface area contributed by atoms with E-state index in [2.05, 4.69) is 6.92 Å². The van der Waals surface area contributed by atoms with E-state index in [0.717, 1.165) is 19.3 Å². The van der Waals surface area contributed by atoms with Crippen LogP contribution in [0.5, 0.6) is 0 Å². The lowest BCUT2D eigenvalue weighted by atomic mass is 9.73. The van der Waals surface area contributed by atoms with Gasteiger partial charge in [0.2, 0.25) is 0 Å². The predicted octanol–water partition coefficient (Wildman–Crippen LogP) is 2.96. The van der Waals surface area contributed by atoms with Gasteiger partial charge in [-0.2, -0.15) is 0 Å². The second-order valence-electron chi connectivity index (χ2n) is 8.48. The van der Waals surface area contributed by atoms with Gasteiger partial charge in [0, 0.05) is 11.5 Å². The first-order chi connectivity index (χ1) is 11.4. The van der Waals surface area contributed by atoms with Crippen LogP contribution >= 0.6 is 0 Å². The summed E-state index contributed by atoms with van der Waals surface area (Å²) < 4.78 is 5.62. The first-order valence-electron chi connectivity index (χ1n) is 9.37. The smallest absolute Gasteiger partial charge is 0.333 e. The Morgan fingerprint density at radius 2 is 1.88 bits per heavy atom. The summed E-state index contributed by atoms with van der Waals surface area (Å²) in [6, 6.07) is 0. The van der Waals surface area contributed by atoms with Crippen LogP contribution in [-0.4, -0.2) is 44.7 Å². The minimum atomic E-state index is -1.38. The predicted molar refractivity (Wildman–Crippen MR) is 98.0 cm³/mol. The largest absolute Gasteiger partial charge is 0.456 e. The Hall–Kier alpha value is -0.910. The Morgan fingerprint density at radius 3 is 2.40 bits per heavy atom. The lowest BCUT2D eigenvalue weighted by Gasteiger charge is -2.43. The van der Waals surface area contributed by atoms with Crippen LogP contribution in [0.1, 0.15) is 73.6 Å². The molecule has 0 aliphatic heterocycles. The molecular weight excluding hydrogens is 320 g/mol. The fraction of sp³-hybridized carbons (Fsp3) is 0.850. The summed E-state index contributed by atoms with van der Waals surface area (Å²) in [5.74, 6) is -0.547. The molecular formula is C20H36O5. The fourth-order valence-electron chi connectivity index (χ4n) is 3.54. The van der Waals surface area contributed by atoms with Crippen molar-refractivity contribution < 1.29 is 24.9 Å². The van der Waals surface area contributed by atoms with Gasteiger partial charge in [0.25, 0.3) is 0 Å². The number of aliphatic hydroxyl groups is 3. The zero-order valence-electron chi connectivity index (χ0n) is 16.6. The van der Waals surface area contributed by atoms with E-state index in [1.165, 1.54) is 0 Å². The number of esters is 1. The average Bonchev–Trinajstić information content (AvgIpc) is 2.49. The van der Waals surface area contributed by atoms with Crippen LogP contribution in [0.3, 0.4) is 0 Å². The molecule has 5 heteroatoms. The van der Waals surface area contributed by atoms with Crippen molar-refractivity contribution in [2.45, 2.75) is 97.1 Å². The Labute approximate surface area is 152 Å². The van der Waals surface area contributed by atoms with Crippen molar-refractivity contribution in [1.29, 1.82) is 0 Å². The van der Waals surface area contributed by atoms with Crippen molar-refractivity contribution in [2.24, 2.45) is 11.8 Å². The summed E-state index contributed by atoms with van der Waals surface area (Å²) in [6.45, 7) is 10.4. The Bertz CT molecular complexity index is 475. The molecule has 0 heterocycles. The molecule has 0 aromatic heterocycles. The molecule has 1 aliphatic carbocycles. The highest BCUT2D eigenvalue weighted by Crippen LogP contribution is 2.37. The monoisotopic (exact) mass is 356 g/mol. The third-order valence-corrected chi connectivity index (χ3v) is 5.60. The van der Waals surface area contributed by atoms with E-state index in [9.17, 15) is 20.1 Å². The van der Waals surface area contributed by atoms with E-state index < -0.39 is 35.3 Å². The number of aliphatic hydroxyl groups excluding tert-OH is 1. The minimum absolute atomic E-state index is 0.424. The van der Waals surface area contributed by atoms with Crippen molar-refractivity contribution >= 4 is 5.97 Å². The maximum atomic E-state index is 12.3. The molecule has 3 N–H and O–H groups in total. The van der Waals surface area contributed by atoms with Crippen LogP contribution in [0.25, 0.3) is 0 Å². The molecule has 0 radical (unpaired) electrons. The van der Waals surface area contributed by atoms with Crippen LogP contribution in [0, 0.1) is 11.8 Å². The van der Waals surface area contributed by atoms with E-state index in [1.807, 2.05) is 0 Å². The molecule has 1 aliphatic rings. The van der Waals surface area contributed by atoms with Gasteiger partial charge in [-0.1, -0.05) is 32.3 Å². The molecule has 5 atom stereocenters. The highest BCUT2D eigenvalue weighted by molar-refractivity contribution is 5.87. The fourth-order valence-corrected chi connectivity index (χ4v) is 3.54. The standard InChI is InChI=1S/C20H36O5/c1-7-14(3)18(22)25-16-15(19(4,5)23)11-10-13(2)9-8-12-20(6,24)17(16)21/h7,13,15-17,21,23-24H,8-12H2,1-6H3. The molecule has 25 heavy (non-hydrogen) atoms. The highest BCUT2D eigenvalue weighted by Gasteiger charge is 2.47. The van der Waals surface area contributed by atoms with Gasteiger partial charge in [-0.05, 0) is 53.4 Å². The summed E-state index contributed by atoms with van der Waals surface area (Å²) in [5, 5.41) is 32.3. The Balaban J connectivity index is 3.25. The number of allylic oxidation sites excluding steroid dienone is 1. The Kier molecular flexibility index (Phi) is 7.66. The summed E-state index contributed by atoms with van der Waals surface area (Å²) in [6.07, 6.45) is 3.09. The van der Waals surface area contributed by atoms with Crippen LogP contribution in [0.4, 0.5) is 0 Å². The summed E-state index contributed by atoms with van der Waals surface area (Å²) in [4.78, 5) is 12.3. The molecule has 0 spiro atoms. The lowest BCUT2D eigenvalue weighted by molar-refractivity contribution is -0.189. The normalized spacial score (nSPS) is 36.0. The second-order valence-corrected chi connectivity index (χ2v) is 8.48. The van der Waals surface area contributed by atoms with Crippen molar-refractivity contribution in [3.8, 4) is 0 Å². The number of ether oxygens (including phenoxy) is 1. The van der Waals surface area contributed by atoms with Gasteiger partial charge in [-0.15, -0.1) is 0 Å². The van der Waals surface area contributed by atoms with Gasteiger partial charge >= 0.3 is 5.97 Å². The molecule has 5 unspecified atom stereocenters. The highest BCUT2D eigenvalue weighted by atomic mass is 16.6. The topological polar surface area (TPSA) is 87.0 Å². The summed E-state index contributed by atoms with van der Waals surface area (Å²) in [7, 11) is 0. The number of hydrogen-bond donors (Lipinski definition) is 3. The van der Waals surface area contributed by atoms with Crippen LogP contribution in [0.2, 0.25) is 0 Å². The number of carbonyl (C=O) groups excluding carboxylic acids is 1. The molecule has 0 saturated heterocycles. The second kappa shape index (κ2) is 8.65. The molecule has 0 amide bonds. The average molecular weight is 357 g/mol. The van der Waals surface area contributed by atoms with Crippen molar-refractivity contribution in [1.82, 2.24) is 0 Å². The lowest BCUT2D eigenvalue weighted by Crippen LogP contribution is -2.55. The molecule has 0 bridgehead atoms. The Morgan fingerprint density at radius 1 is 1.28 bits per heavy atom. The van der Waals surface area contributed by atoms with E-state index in [0.29, 0.717) is 24.3 Å². The third-order valence-electron chi connectivity index (χ3n) is 5.60. The maximum absolute atomic E-state index is 12.3. The minimum Gasteiger partial charge on any atom is -0.456 e. The molecule has 1 fully saturated rings. The van der Waals surface area contributed by atoms with Gasteiger partial charge in [-0.25, -0.2) is 4.79 Å². The van der Waals surface area contributed by atoms with Gasteiger partial charge in [0.1, 0.15) is 12.2 Å². The molecule has 146 valence electrons. The maximum Gasteiger partial charge on any atom is 0.333 e. The number of hydrogen-bond acceptors (Lipinski definition) is 5. The molecule has 5 nitrogen and oxygen atoms in total. The molecule has 1 saturated carbocycles. The van der Waals surface area contributed by atoms with Crippen LogP contribution < -0.4 is 0 Å². The number of rotatable bonds is 3. The van der Waals surface area contributed by atoms with E-state index in [1.54, 1.807) is 40.7 Å². The van der Waals surface area contributed by atoms with Crippen molar-refractivity contribution in [2.75, 3.05) is 0 Å². The van der Waals surface area contributed by atoms with Gasteiger partial charge in [-0.3, -0.25) is 0 Å². The zero-order valence-corrected chi connectivity index (χ0v) is 16.6.